The Labute approximate surface area is 171 Å². The molecule has 0 amide bonds. The number of esters is 1. The molecule has 0 bridgehead atoms. The number of nitrogens with one attached hydrogen (secondary N) is 1. The Morgan fingerprint density at radius 2 is 1.85 bits per heavy atom. The van der Waals surface area contributed by atoms with Crippen molar-refractivity contribution in [2.75, 3.05) is 13.7 Å². The fraction of sp³-hybridized carbons (Fsp3) is 0.381. The fourth-order valence-electron chi connectivity index (χ4n) is 3.30. The molecule has 27 heavy (non-hydrogen) atoms. The van der Waals surface area contributed by atoms with Crippen molar-refractivity contribution in [2.24, 2.45) is 0 Å². The molecule has 6 heteroatoms. The molecule has 0 spiro atoms. The molecule has 1 heterocycles. The number of methoxy groups -OCH3 is 1. The first-order valence-corrected chi connectivity index (χ1v) is 9.13. The zero-order valence-electron chi connectivity index (χ0n) is 15.7. The SMILES string of the molecule is COC(=O)[C@@H]1C[C@H](Oc2ccc(C(C)(C)c3ccccc3)cc2Cl)CN1.Cl. The number of benzene rings is 2. The number of carbonyl (C=O) groups excluding carboxylic acids is 1. The third kappa shape index (κ3) is 4.75. The van der Waals surface area contributed by atoms with Gasteiger partial charge in [0.2, 0.25) is 0 Å². The van der Waals surface area contributed by atoms with E-state index in [0.717, 1.165) is 5.56 Å². The van der Waals surface area contributed by atoms with Gasteiger partial charge >= 0.3 is 5.97 Å². The van der Waals surface area contributed by atoms with Crippen LogP contribution in [0.4, 0.5) is 0 Å². The van der Waals surface area contributed by atoms with Gasteiger partial charge in [-0.3, -0.25) is 4.79 Å². The van der Waals surface area contributed by atoms with E-state index in [1.807, 2.05) is 36.4 Å². The molecule has 146 valence electrons. The summed E-state index contributed by atoms with van der Waals surface area (Å²) in [5.41, 5.74) is 2.19. The van der Waals surface area contributed by atoms with Crippen LogP contribution in [0.1, 0.15) is 31.4 Å². The molecule has 0 unspecified atom stereocenters. The fourth-order valence-corrected chi connectivity index (χ4v) is 3.53. The molecular formula is C21H25Cl2NO3. The summed E-state index contributed by atoms with van der Waals surface area (Å²) < 4.78 is 10.8. The van der Waals surface area contributed by atoms with Crippen LogP contribution in [0.25, 0.3) is 0 Å². The van der Waals surface area contributed by atoms with Gasteiger partial charge in [0.1, 0.15) is 17.9 Å². The van der Waals surface area contributed by atoms with Crippen LogP contribution in [0, 0.1) is 0 Å². The molecule has 0 aliphatic carbocycles. The molecule has 1 aliphatic rings. The Bertz CT molecular complexity index is 780. The lowest BCUT2D eigenvalue weighted by atomic mass is 9.78. The van der Waals surface area contributed by atoms with E-state index >= 15 is 0 Å². The average Bonchev–Trinajstić information content (AvgIpc) is 3.12. The van der Waals surface area contributed by atoms with Gasteiger partial charge in [0.05, 0.1) is 12.1 Å². The summed E-state index contributed by atoms with van der Waals surface area (Å²) in [7, 11) is 1.39. The first kappa shape index (κ1) is 21.5. The van der Waals surface area contributed by atoms with E-state index in [9.17, 15) is 4.79 Å². The number of ether oxygens (including phenoxy) is 2. The highest BCUT2D eigenvalue weighted by Gasteiger charge is 2.32. The molecule has 1 N–H and O–H groups in total. The normalized spacial score (nSPS) is 19.3. The highest BCUT2D eigenvalue weighted by molar-refractivity contribution is 6.32. The lowest BCUT2D eigenvalue weighted by Gasteiger charge is -2.27. The maximum atomic E-state index is 11.6. The van der Waals surface area contributed by atoms with Crippen LogP contribution in [0.5, 0.6) is 5.75 Å². The van der Waals surface area contributed by atoms with Gasteiger partial charge in [0.25, 0.3) is 0 Å². The third-order valence-electron chi connectivity index (χ3n) is 5.02. The molecule has 1 saturated heterocycles. The molecule has 1 fully saturated rings. The number of carbonyl (C=O) groups is 1. The summed E-state index contributed by atoms with van der Waals surface area (Å²) in [6.07, 6.45) is 0.463. The van der Waals surface area contributed by atoms with Crippen molar-refractivity contribution < 1.29 is 14.3 Å². The van der Waals surface area contributed by atoms with Crippen LogP contribution < -0.4 is 10.1 Å². The van der Waals surface area contributed by atoms with Crippen molar-refractivity contribution in [3.05, 3.63) is 64.7 Å². The lowest BCUT2D eigenvalue weighted by molar-refractivity contribution is -0.142. The van der Waals surface area contributed by atoms with Crippen LogP contribution in [0.3, 0.4) is 0 Å². The minimum absolute atomic E-state index is 0. The predicted octanol–water partition coefficient (Wildman–Crippen LogP) is 4.37. The number of rotatable bonds is 5. The molecule has 0 aromatic heterocycles. The summed E-state index contributed by atoms with van der Waals surface area (Å²) in [5.74, 6) is 0.374. The van der Waals surface area contributed by atoms with E-state index in [0.29, 0.717) is 23.7 Å². The number of hydrogen-bond acceptors (Lipinski definition) is 4. The van der Waals surface area contributed by atoms with Crippen LogP contribution in [-0.2, 0) is 14.9 Å². The van der Waals surface area contributed by atoms with Gasteiger partial charge in [-0.2, -0.15) is 0 Å². The third-order valence-corrected chi connectivity index (χ3v) is 5.31. The van der Waals surface area contributed by atoms with Crippen molar-refractivity contribution in [3.8, 4) is 5.75 Å². The molecule has 2 atom stereocenters. The average molecular weight is 410 g/mol. The van der Waals surface area contributed by atoms with Gasteiger partial charge in [0.15, 0.2) is 0 Å². The molecule has 1 aliphatic heterocycles. The summed E-state index contributed by atoms with van der Waals surface area (Å²) in [6.45, 7) is 4.94. The van der Waals surface area contributed by atoms with Crippen LogP contribution in [-0.4, -0.2) is 31.8 Å². The Kier molecular flexibility index (Phi) is 7.15. The van der Waals surface area contributed by atoms with Gasteiger partial charge in [-0.1, -0.05) is 61.8 Å². The Morgan fingerprint density at radius 1 is 1.15 bits per heavy atom. The maximum absolute atomic E-state index is 11.6. The van der Waals surface area contributed by atoms with Gasteiger partial charge in [0, 0.05) is 18.4 Å². The Balaban J connectivity index is 0.00000261. The van der Waals surface area contributed by atoms with Gasteiger partial charge in [-0.25, -0.2) is 0 Å². The molecule has 3 rings (SSSR count). The summed E-state index contributed by atoms with van der Waals surface area (Å²) >= 11 is 6.49. The minimum atomic E-state index is -0.319. The summed E-state index contributed by atoms with van der Waals surface area (Å²) in [6, 6.07) is 15.9. The monoisotopic (exact) mass is 409 g/mol. The van der Waals surface area contributed by atoms with Gasteiger partial charge < -0.3 is 14.8 Å². The standard InChI is InChI=1S/C21H24ClNO3.ClH/c1-21(2,14-7-5-4-6-8-14)15-9-10-19(17(22)11-15)26-16-12-18(23-13-16)20(24)25-3;/h4-11,16,18,23H,12-13H2,1-3H3;1H/t16-,18-;/m0./s1. The molecule has 2 aromatic carbocycles. The second-order valence-electron chi connectivity index (χ2n) is 7.10. The maximum Gasteiger partial charge on any atom is 0.323 e. The number of halogens is 2. The quantitative estimate of drug-likeness (QED) is 0.744. The van der Waals surface area contributed by atoms with Crippen molar-refractivity contribution in [1.82, 2.24) is 5.32 Å². The van der Waals surface area contributed by atoms with Crippen molar-refractivity contribution >= 4 is 30.0 Å². The first-order chi connectivity index (χ1) is 12.4. The van der Waals surface area contributed by atoms with Crippen molar-refractivity contribution in [2.45, 2.75) is 37.8 Å². The largest absolute Gasteiger partial charge is 0.487 e. The molecule has 0 radical (unpaired) electrons. The van der Waals surface area contributed by atoms with Gasteiger partial charge in [-0.15, -0.1) is 12.4 Å². The van der Waals surface area contributed by atoms with Gasteiger partial charge in [-0.05, 0) is 23.3 Å². The molecule has 2 aromatic rings. The van der Waals surface area contributed by atoms with E-state index in [1.165, 1.54) is 12.7 Å². The summed E-state index contributed by atoms with van der Waals surface area (Å²) in [4.78, 5) is 11.6. The number of hydrogen-bond donors (Lipinski definition) is 1. The predicted molar refractivity (Wildman–Crippen MR) is 110 cm³/mol. The minimum Gasteiger partial charge on any atom is -0.487 e. The summed E-state index contributed by atoms with van der Waals surface area (Å²) in [5, 5.41) is 3.69. The molecule has 4 nitrogen and oxygen atoms in total. The lowest BCUT2D eigenvalue weighted by Crippen LogP contribution is -2.31. The highest BCUT2D eigenvalue weighted by atomic mass is 35.5. The molecule has 0 saturated carbocycles. The van der Waals surface area contributed by atoms with E-state index in [2.05, 4.69) is 31.3 Å². The smallest absolute Gasteiger partial charge is 0.323 e. The van der Waals surface area contributed by atoms with Crippen LogP contribution in [0.15, 0.2) is 48.5 Å². The van der Waals surface area contributed by atoms with E-state index in [4.69, 9.17) is 21.1 Å². The zero-order valence-corrected chi connectivity index (χ0v) is 17.3. The topological polar surface area (TPSA) is 47.6 Å². The zero-order chi connectivity index (χ0) is 18.7. The molecular weight excluding hydrogens is 385 g/mol. The second kappa shape index (κ2) is 8.96. The van der Waals surface area contributed by atoms with E-state index < -0.39 is 0 Å². The Morgan fingerprint density at radius 3 is 2.48 bits per heavy atom. The second-order valence-corrected chi connectivity index (χ2v) is 7.50. The van der Waals surface area contributed by atoms with Crippen LogP contribution in [0.2, 0.25) is 5.02 Å². The van der Waals surface area contributed by atoms with E-state index in [-0.39, 0.29) is 35.9 Å². The first-order valence-electron chi connectivity index (χ1n) is 8.75. The van der Waals surface area contributed by atoms with Crippen LogP contribution >= 0.6 is 24.0 Å². The Hall–Kier alpha value is -1.75. The highest BCUT2D eigenvalue weighted by Crippen LogP contribution is 2.36. The van der Waals surface area contributed by atoms with Crippen molar-refractivity contribution in [1.29, 1.82) is 0 Å². The van der Waals surface area contributed by atoms with E-state index in [1.54, 1.807) is 0 Å². The van der Waals surface area contributed by atoms with Crippen molar-refractivity contribution in [3.63, 3.8) is 0 Å².